The van der Waals surface area contributed by atoms with Crippen molar-refractivity contribution in [1.29, 1.82) is 0 Å². The third-order valence-electron chi connectivity index (χ3n) is 5.75. The number of thiol groups is 1. The molecule has 0 aliphatic rings. The van der Waals surface area contributed by atoms with Crippen molar-refractivity contribution in [3.63, 3.8) is 0 Å². The van der Waals surface area contributed by atoms with Crippen molar-refractivity contribution in [2.45, 2.75) is 158 Å². The molecule has 0 aliphatic heterocycles. The molecule has 32 heavy (non-hydrogen) atoms. The number of unbranched alkanes of at least 4 members (excludes halogenated alkanes) is 16. The van der Waals surface area contributed by atoms with Gasteiger partial charge in [0, 0.05) is 12.2 Å². The zero-order chi connectivity index (χ0) is 24.0. The van der Waals surface area contributed by atoms with E-state index >= 15 is 0 Å². The van der Waals surface area contributed by atoms with Crippen molar-refractivity contribution in [2.24, 2.45) is 0 Å². The number of esters is 1. The summed E-state index contributed by atoms with van der Waals surface area (Å²) in [5.41, 5.74) is 0. The minimum atomic E-state index is -0.0613. The van der Waals surface area contributed by atoms with Gasteiger partial charge >= 0.3 is 75.5 Å². The Kier molecular flexibility index (Phi) is 36.7. The van der Waals surface area contributed by atoms with E-state index in [9.17, 15) is 4.79 Å². The van der Waals surface area contributed by atoms with E-state index in [-0.39, 0.29) is 27.1 Å². The summed E-state index contributed by atoms with van der Waals surface area (Å²) in [6.07, 6.45) is 26.7. The van der Waals surface area contributed by atoms with Crippen molar-refractivity contribution in [2.75, 3.05) is 12.4 Å². The average Bonchev–Trinajstić information content (AvgIpc) is 2.80. The maximum absolute atomic E-state index is 11.3. The fourth-order valence-corrected chi connectivity index (χ4v) is 7.85. The van der Waals surface area contributed by atoms with Crippen molar-refractivity contribution in [3.05, 3.63) is 0 Å². The predicted molar refractivity (Wildman–Crippen MR) is 150 cm³/mol. The predicted octanol–water partition coefficient (Wildman–Crippen LogP) is 9.85. The number of rotatable bonds is 24. The van der Waals surface area contributed by atoms with Crippen molar-refractivity contribution in [1.82, 2.24) is 0 Å². The first-order chi connectivity index (χ1) is 15.7. The van der Waals surface area contributed by atoms with E-state index in [2.05, 4.69) is 33.4 Å². The van der Waals surface area contributed by atoms with Gasteiger partial charge < -0.3 is 4.74 Å². The fourth-order valence-electron chi connectivity index (χ4n) is 3.60. The molecule has 0 aliphatic carbocycles. The normalized spacial score (nSPS) is 10.6. The van der Waals surface area contributed by atoms with E-state index in [0.29, 0.717) is 18.8 Å². The summed E-state index contributed by atoms with van der Waals surface area (Å²) >= 11 is 4.17. The number of carbonyl (C=O) groups is 1. The molecular formula is C28H58O2SSn. The van der Waals surface area contributed by atoms with Crippen LogP contribution in [0.25, 0.3) is 0 Å². The summed E-state index contributed by atoms with van der Waals surface area (Å²) < 4.78 is 8.24. The van der Waals surface area contributed by atoms with Gasteiger partial charge in [0.2, 0.25) is 0 Å². The summed E-state index contributed by atoms with van der Waals surface area (Å²) in [6, 6.07) is 0. The summed E-state index contributed by atoms with van der Waals surface area (Å²) in [5, 5.41) is 0. The molecule has 0 atom stereocenters. The molecule has 0 heterocycles. The first-order valence-electron chi connectivity index (χ1n) is 14.2. The summed E-state index contributed by atoms with van der Waals surface area (Å²) in [5.74, 6) is 0.554. The van der Waals surface area contributed by atoms with Gasteiger partial charge in [-0.05, 0) is 6.42 Å². The second kappa shape index (κ2) is 33.8. The van der Waals surface area contributed by atoms with E-state index in [1.54, 1.807) is 8.87 Å². The van der Waals surface area contributed by atoms with Gasteiger partial charge in [-0.1, -0.05) is 96.8 Å². The Morgan fingerprint density at radius 3 is 1.34 bits per heavy atom. The molecule has 0 rings (SSSR count). The van der Waals surface area contributed by atoms with Gasteiger partial charge in [0.15, 0.2) is 0 Å². The van der Waals surface area contributed by atoms with Crippen LogP contribution in [0.4, 0.5) is 0 Å². The van der Waals surface area contributed by atoms with E-state index in [1.807, 2.05) is 0 Å². The third kappa shape index (κ3) is 35.2. The second-order valence-corrected chi connectivity index (χ2v) is 13.8. The molecule has 2 nitrogen and oxygen atoms in total. The van der Waals surface area contributed by atoms with Crippen LogP contribution >= 0.6 is 12.6 Å². The van der Waals surface area contributed by atoms with Gasteiger partial charge in [-0.15, -0.1) is 0 Å². The molecule has 0 aromatic carbocycles. The molecule has 4 heteroatoms. The Bertz CT molecular complexity index is 333. The van der Waals surface area contributed by atoms with Crippen LogP contribution in [0, 0.1) is 0 Å². The monoisotopic (exact) mass is 578 g/mol. The van der Waals surface area contributed by atoms with E-state index in [0.717, 1.165) is 12.8 Å². The zero-order valence-electron chi connectivity index (χ0n) is 22.2. The number of carbonyl (C=O) groups excluding carboxylic acids is 1. The summed E-state index contributed by atoms with van der Waals surface area (Å²) in [7, 11) is 0. The molecule has 0 saturated carbocycles. The van der Waals surface area contributed by atoms with Crippen LogP contribution in [0.3, 0.4) is 0 Å². The Hall–Kier alpha value is 0.619. The Balaban J connectivity index is 0. The molecular weight excluding hydrogens is 519 g/mol. The summed E-state index contributed by atoms with van der Waals surface area (Å²) in [6.45, 7) is 7.30. The molecule has 0 unspecified atom stereocenters. The molecule has 0 N–H and O–H groups in total. The third-order valence-corrected chi connectivity index (χ3v) is 9.97. The van der Waals surface area contributed by atoms with Crippen LogP contribution in [0.2, 0.25) is 8.87 Å². The maximum atomic E-state index is 11.3. The minimum absolute atomic E-state index is 0.0613. The van der Waals surface area contributed by atoms with Crippen LogP contribution in [0.5, 0.6) is 0 Å². The fraction of sp³-hybridized carbons (Fsp3) is 0.964. The number of hydrogen-bond donors (Lipinski definition) is 1. The Morgan fingerprint density at radius 2 is 0.969 bits per heavy atom. The Morgan fingerprint density at radius 1 is 0.594 bits per heavy atom. The second-order valence-electron chi connectivity index (χ2n) is 9.10. The Labute approximate surface area is 218 Å². The molecule has 0 spiro atoms. The molecule has 0 fully saturated rings. The van der Waals surface area contributed by atoms with Crippen molar-refractivity contribution >= 4 is 39.7 Å². The van der Waals surface area contributed by atoms with Gasteiger partial charge in [0.05, 0.1) is 0 Å². The summed E-state index contributed by atoms with van der Waals surface area (Å²) in [4.78, 5) is 11.3. The van der Waals surface area contributed by atoms with Gasteiger partial charge in [0.1, 0.15) is 6.61 Å². The molecule has 0 bridgehead atoms. The quantitative estimate of drug-likeness (QED) is 0.0535. The van der Waals surface area contributed by atoms with Gasteiger partial charge in [0.25, 0.3) is 0 Å². The molecule has 192 valence electrons. The molecule has 0 saturated heterocycles. The zero-order valence-corrected chi connectivity index (χ0v) is 26.0. The van der Waals surface area contributed by atoms with E-state index in [1.165, 1.54) is 109 Å². The number of ether oxygens (including phenoxy) is 1. The molecule has 0 aromatic rings. The van der Waals surface area contributed by atoms with Crippen LogP contribution in [-0.4, -0.2) is 39.5 Å². The molecule has 0 amide bonds. The van der Waals surface area contributed by atoms with Crippen LogP contribution < -0.4 is 0 Å². The molecule has 2 radical (unpaired) electrons. The van der Waals surface area contributed by atoms with Crippen LogP contribution in [-0.2, 0) is 9.53 Å². The van der Waals surface area contributed by atoms with Crippen molar-refractivity contribution in [3.8, 4) is 0 Å². The standard InChI is InChI=1S/C20H40O2S.2C4H9.Sn/c1-2-3-4-5-6-7-8-9-10-11-12-13-14-15-16-17-20(21)22-18-19-23;2*1-3-4-2;/h23H,2-19H2,1H3;2*1,3-4H2,2H3;. The SMILES string of the molecule is CCCCCCCCCCCCCCCCCC(=O)OCCS.CCC[CH2][Sn][CH2]CCC. The topological polar surface area (TPSA) is 26.3 Å². The average molecular weight is 578 g/mol. The molecule has 0 aromatic heterocycles. The van der Waals surface area contributed by atoms with Crippen LogP contribution in [0.1, 0.15) is 149 Å². The van der Waals surface area contributed by atoms with E-state index < -0.39 is 0 Å². The first kappa shape index (κ1) is 34.8. The van der Waals surface area contributed by atoms with Crippen LogP contribution in [0.15, 0.2) is 0 Å². The van der Waals surface area contributed by atoms with E-state index in [4.69, 9.17) is 4.74 Å². The van der Waals surface area contributed by atoms with Crippen molar-refractivity contribution < 1.29 is 9.53 Å². The van der Waals surface area contributed by atoms with Gasteiger partial charge in [-0.2, -0.15) is 12.6 Å². The first-order valence-corrected chi connectivity index (χ1v) is 18.9. The van der Waals surface area contributed by atoms with Gasteiger partial charge in [-0.25, -0.2) is 0 Å². The number of hydrogen-bond acceptors (Lipinski definition) is 3. The van der Waals surface area contributed by atoms with Gasteiger partial charge in [-0.3, -0.25) is 4.79 Å².